The number of nitriles is 1. The predicted octanol–water partition coefficient (Wildman–Crippen LogP) is 1.91. The van der Waals surface area contributed by atoms with Gasteiger partial charge in [-0.25, -0.2) is 0 Å². The van der Waals surface area contributed by atoms with Gasteiger partial charge in [0.1, 0.15) is 6.04 Å². The van der Waals surface area contributed by atoms with Crippen LogP contribution in [0.1, 0.15) is 21.8 Å². The highest BCUT2D eigenvalue weighted by Crippen LogP contribution is 2.42. The molecule has 1 fully saturated rings. The van der Waals surface area contributed by atoms with Gasteiger partial charge in [-0.1, -0.05) is 30.3 Å². The molecule has 0 unspecified atom stereocenters. The summed E-state index contributed by atoms with van der Waals surface area (Å²) in [7, 11) is 0. The second-order valence-corrected chi connectivity index (χ2v) is 6.04. The summed E-state index contributed by atoms with van der Waals surface area (Å²) in [4.78, 5) is 14.4. The van der Waals surface area contributed by atoms with Crippen LogP contribution in [0.15, 0.2) is 48.5 Å². The third-order valence-corrected chi connectivity index (χ3v) is 4.77. The molecule has 1 saturated heterocycles. The molecule has 1 amide bonds. The number of ether oxygens (including phenoxy) is 2. The predicted molar refractivity (Wildman–Crippen MR) is 88.2 cm³/mol. The SMILES string of the molecule is N#C[C@@H]1[C@@H](c2ccccc2)[C@@H](CO)N1C(=O)c1ccc2c(c1)OCO2. The zero-order chi connectivity index (χ0) is 17.4. The Kier molecular flexibility index (Phi) is 3.79. The Hall–Kier alpha value is -3.04. The molecule has 6 heteroatoms. The monoisotopic (exact) mass is 336 g/mol. The highest BCUT2D eigenvalue weighted by molar-refractivity contribution is 5.96. The van der Waals surface area contributed by atoms with Crippen molar-refractivity contribution in [3.8, 4) is 17.6 Å². The van der Waals surface area contributed by atoms with E-state index in [2.05, 4.69) is 6.07 Å². The van der Waals surface area contributed by atoms with Crippen LogP contribution in [0.4, 0.5) is 0 Å². The van der Waals surface area contributed by atoms with Gasteiger partial charge in [-0.05, 0) is 23.8 Å². The average Bonchev–Trinajstić information content (AvgIpc) is 3.10. The summed E-state index contributed by atoms with van der Waals surface area (Å²) in [6.45, 7) is -0.0686. The summed E-state index contributed by atoms with van der Waals surface area (Å²) in [5.41, 5.74) is 1.36. The van der Waals surface area contributed by atoms with E-state index in [1.165, 1.54) is 4.90 Å². The van der Waals surface area contributed by atoms with Crippen LogP contribution < -0.4 is 9.47 Å². The molecule has 0 radical (unpaired) electrons. The second kappa shape index (κ2) is 6.11. The molecule has 2 heterocycles. The van der Waals surface area contributed by atoms with E-state index >= 15 is 0 Å². The fourth-order valence-corrected chi connectivity index (χ4v) is 3.54. The molecule has 0 saturated carbocycles. The fraction of sp³-hybridized carbons (Fsp3) is 0.263. The van der Waals surface area contributed by atoms with Crippen LogP contribution in [0, 0.1) is 11.3 Å². The molecule has 0 aromatic heterocycles. The van der Waals surface area contributed by atoms with Gasteiger partial charge in [0.2, 0.25) is 6.79 Å². The highest BCUT2D eigenvalue weighted by atomic mass is 16.7. The summed E-state index contributed by atoms with van der Waals surface area (Å²) in [5, 5.41) is 19.4. The van der Waals surface area contributed by atoms with Crippen LogP contribution in [0.2, 0.25) is 0 Å². The Balaban J connectivity index is 1.63. The molecule has 25 heavy (non-hydrogen) atoms. The Morgan fingerprint density at radius 1 is 1.20 bits per heavy atom. The van der Waals surface area contributed by atoms with Gasteiger partial charge in [-0.2, -0.15) is 5.26 Å². The van der Waals surface area contributed by atoms with Gasteiger partial charge in [0.05, 0.1) is 18.7 Å². The van der Waals surface area contributed by atoms with Gasteiger partial charge < -0.3 is 19.5 Å². The molecular weight excluding hydrogens is 320 g/mol. The molecule has 2 aliphatic rings. The van der Waals surface area contributed by atoms with Crippen LogP contribution in [-0.2, 0) is 0 Å². The number of carbonyl (C=O) groups excluding carboxylic acids is 1. The Labute approximate surface area is 144 Å². The molecule has 126 valence electrons. The first kappa shape index (κ1) is 15.5. The zero-order valence-corrected chi connectivity index (χ0v) is 13.3. The zero-order valence-electron chi connectivity index (χ0n) is 13.3. The molecule has 4 rings (SSSR count). The quantitative estimate of drug-likeness (QED) is 0.926. The smallest absolute Gasteiger partial charge is 0.255 e. The standard InChI is InChI=1S/C19H16N2O4/c20-9-14-18(12-4-2-1-3-5-12)15(10-22)21(14)19(23)13-6-7-16-17(8-13)25-11-24-16/h1-8,14-15,18,22H,10-11H2/t14-,15-,18-/m1/s1. The minimum absolute atomic E-state index is 0.132. The lowest BCUT2D eigenvalue weighted by atomic mass is 9.75. The van der Waals surface area contributed by atoms with Gasteiger partial charge in [0.25, 0.3) is 5.91 Å². The van der Waals surface area contributed by atoms with Crippen molar-refractivity contribution < 1.29 is 19.4 Å². The van der Waals surface area contributed by atoms with Crippen LogP contribution in [0.3, 0.4) is 0 Å². The maximum absolute atomic E-state index is 12.9. The maximum Gasteiger partial charge on any atom is 0.255 e. The normalized spacial score (nSPS) is 23.7. The number of benzene rings is 2. The van der Waals surface area contributed by atoms with Gasteiger partial charge in [-0.3, -0.25) is 4.79 Å². The van der Waals surface area contributed by atoms with E-state index in [4.69, 9.17) is 9.47 Å². The van der Waals surface area contributed by atoms with Crippen LogP contribution in [-0.4, -0.2) is 41.4 Å². The van der Waals surface area contributed by atoms with Crippen molar-refractivity contribution in [2.24, 2.45) is 0 Å². The molecular formula is C19H16N2O4. The molecule has 0 aliphatic carbocycles. The van der Waals surface area contributed by atoms with Crippen LogP contribution in [0.5, 0.6) is 11.5 Å². The van der Waals surface area contributed by atoms with Crippen LogP contribution in [0.25, 0.3) is 0 Å². The Bertz CT molecular complexity index is 846. The minimum atomic E-state index is -0.613. The third-order valence-electron chi connectivity index (χ3n) is 4.77. The number of carbonyl (C=O) groups is 1. The van der Waals surface area contributed by atoms with Crippen LogP contribution >= 0.6 is 0 Å². The lowest BCUT2D eigenvalue weighted by Crippen LogP contribution is -2.65. The van der Waals surface area contributed by atoms with Crippen molar-refractivity contribution in [3.63, 3.8) is 0 Å². The molecule has 2 aromatic carbocycles. The van der Waals surface area contributed by atoms with Crippen molar-refractivity contribution in [1.29, 1.82) is 5.26 Å². The van der Waals surface area contributed by atoms with E-state index in [1.54, 1.807) is 18.2 Å². The van der Waals surface area contributed by atoms with E-state index in [-0.39, 0.29) is 25.2 Å². The number of aliphatic hydroxyl groups is 1. The van der Waals surface area contributed by atoms with Gasteiger partial charge >= 0.3 is 0 Å². The number of fused-ring (bicyclic) bond motifs is 1. The van der Waals surface area contributed by atoms with E-state index in [1.807, 2.05) is 30.3 Å². The summed E-state index contributed by atoms with van der Waals surface area (Å²) in [6.07, 6.45) is 0. The number of hydrogen-bond donors (Lipinski definition) is 1. The Morgan fingerprint density at radius 3 is 2.68 bits per heavy atom. The first-order valence-corrected chi connectivity index (χ1v) is 8.02. The van der Waals surface area contributed by atoms with Crippen molar-refractivity contribution >= 4 is 5.91 Å². The molecule has 3 atom stereocenters. The maximum atomic E-state index is 12.9. The lowest BCUT2D eigenvalue weighted by Gasteiger charge is -2.51. The van der Waals surface area contributed by atoms with Crippen molar-refractivity contribution in [1.82, 2.24) is 4.90 Å². The van der Waals surface area contributed by atoms with Crippen molar-refractivity contribution in [3.05, 3.63) is 59.7 Å². The summed E-state index contributed by atoms with van der Waals surface area (Å²) < 4.78 is 10.6. The third kappa shape index (κ3) is 2.41. The number of hydrogen-bond acceptors (Lipinski definition) is 5. The topological polar surface area (TPSA) is 82.8 Å². The first-order valence-electron chi connectivity index (χ1n) is 8.02. The number of amides is 1. The highest BCUT2D eigenvalue weighted by Gasteiger charge is 2.51. The number of nitrogens with zero attached hydrogens (tertiary/aromatic N) is 2. The molecule has 1 N–H and O–H groups in total. The molecule has 6 nitrogen and oxygen atoms in total. The lowest BCUT2D eigenvalue weighted by molar-refractivity contribution is -0.00586. The van der Waals surface area contributed by atoms with Gasteiger partial charge in [-0.15, -0.1) is 0 Å². The van der Waals surface area contributed by atoms with E-state index in [9.17, 15) is 15.2 Å². The molecule has 2 aromatic rings. The average molecular weight is 336 g/mol. The number of aliphatic hydroxyl groups excluding tert-OH is 1. The molecule has 0 bridgehead atoms. The molecule has 2 aliphatic heterocycles. The summed E-state index contributed by atoms with van der Waals surface area (Å²) in [5.74, 6) is 0.614. The van der Waals surface area contributed by atoms with E-state index < -0.39 is 12.1 Å². The number of rotatable bonds is 3. The number of likely N-dealkylation sites (tertiary alicyclic amines) is 1. The summed E-state index contributed by atoms with van der Waals surface area (Å²) in [6, 6.07) is 15.6. The second-order valence-electron chi connectivity index (χ2n) is 6.04. The van der Waals surface area contributed by atoms with E-state index in [0.29, 0.717) is 17.1 Å². The van der Waals surface area contributed by atoms with E-state index in [0.717, 1.165) is 5.56 Å². The summed E-state index contributed by atoms with van der Waals surface area (Å²) >= 11 is 0. The minimum Gasteiger partial charge on any atom is -0.454 e. The largest absolute Gasteiger partial charge is 0.454 e. The van der Waals surface area contributed by atoms with Gasteiger partial charge in [0, 0.05) is 11.5 Å². The fourth-order valence-electron chi connectivity index (χ4n) is 3.54. The molecule has 0 spiro atoms. The van der Waals surface area contributed by atoms with Crippen molar-refractivity contribution in [2.45, 2.75) is 18.0 Å². The van der Waals surface area contributed by atoms with Crippen molar-refractivity contribution in [2.75, 3.05) is 13.4 Å². The van der Waals surface area contributed by atoms with Gasteiger partial charge in [0.15, 0.2) is 11.5 Å². The first-order chi connectivity index (χ1) is 12.2. The Morgan fingerprint density at radius 2 is 1.96 bits per heavy atom.